The third kappa shape index (κ3) is 4.33. The van der Waals surface area contributed by atoms with Crippen LogP contribution >= 0.6 is 0 Å². The van der Waals surface area contributed by atoms with E-state index in [1.54, 1.807) is 13.1 Å². The Bertz CT molecular complexity index is 878. The van der Waals surface area contributed by atoms with Gasteiger partial charge in [0.25, 0.3) is 0 Å². The van der Waals surface area contributed by atoms with Crippen molar-refractivity contribution >= 4 is 0 Å². The van der Waals surface area contributed by atoms with Crippen molar-refractivity contribution in [2.45, 2.75) is 31.8 Å². The van der Waals surface area contributed by atoms with Crippen LogP contribution in [0.3, 0.4) is 0 Å². The Hall–Kier alpha value is -2.59. The Morgan fingerprint density at radius 2 is 1.85 bits per heavy atom. The number of hydrogen-bond donors (Lipinski definition) is 1. The molecule has 4 heteroatoms. The molecular weight excluding hydrogens is 332 g/mol. The highest BCUT2D eigenvalue weighted by molar-refractivity contribution is 5.64. The first kappa shape index (κ1) is 18.2. The molecule has 0 radical (unpaired) electrons. The van der Waals surface area contributed by atoms with Crippen molar-refractivity contribution in [2.24, 2.45) is 0 Å². The maximum absolute atomic E-state index is 14.0. The predicted molar refractivity (Wildman–Crippen MR) is 98.5 cm³/mol. The Kier molecular flexibility index (Phi) is 5.43. The van der Waals surface area contributed by atoms with E-state index in [2.05, 4.69) is 4.98 Å². The van der Waals surface area contributed by atoms with Crippen molar-refractivity contribution in [3.8, 4) is 11.1 Å². The summed E-state index contributed by atoms with van der Waals surface area (Å²) in [5.41, 5.74) is 1.82. The van der Waals surface area contributed by atoms with E-state index in [9.17, 15) is 13.9 Å². The van der Waals surface area contributed by atoms with Crippen molar-refractivity contribution in [1.29, 1.82) is 0 Å². The quantitative estimate of drug-likeness (QED) is 0.656. The second kappa shape index (κ2) is 7.75. The summed E-state index contributed by atoms with van der Waals surface area (Å²) in [7, 11) is 0. The summed E-state index contributed by atoms with van der Waals surface area (Å²) in [5, 5.41) is 10.6. The van der Waals surface area contributed by atoms with E-state index in [1.807, 2.05) is 42.5 Å². The molecule has 1 heterocycles. The topological polar surface area (TPSA) is 33.1 Å². The standard InChI is InChI=1S/C22H21F2NO/c1-22(26,21-9-2-3-13-25-21)12-5-7-16-6-4-8-17(14-16)19-11-10-18(23)15-20(19)24/h2-4,6,8-11,13-15,26H,5,7,12H2,1H3. The van der Waals surface area contributed by atoms with E-state index >= 15 is 0 Å². The summed E-state index contributed by atoms with van der Waals surface area (Å²) in [6.07, 6.45) is 3.75. The molecule has 2 nitrogen and oxygen atoms in total. The third-order valence-corrected chi connectivity index (χ3v) is 4.51. The summed E-state index contributed by atoms with van der Waals surface area (Å²) >= 11 is 0. The summed E-state index contributed by atoms with van der Waals surface area (Å²) in [6, 6.07) is 16.7. The number of nitrogens with zero attached hydrogens (tertiary/aromatic N) is 1. The van der Waals surface area contributed by atoms with E-state index in [0.29, 0.717) is 17.7 Å². The smallest absolute Gasteiger partial charge is 0.133 e. The number of pyridine rings is 1. The van der Waals surface area contributed by atoms with Crippen molar-refractivity contribution < 1.29 is 13.9 Å². The molecule has 3 aromatic rings. The second-order valence-corrected chi connectivity index (χ2v) is 6.67. The van der Waals surface area contributed by atoms with E-state index in [-0.39, 0.29) is 0 Å². The largest absolute Gasteiger partial charge is 0.384 e. The van der Waals surface area contributed by atoms with Crippen LogP contribution in [0.5, 0.6) is 0 Å². The van der Waals surface area contributed by atoms with Gasteiger partial charge in [0.2, 0.25) is 0 Å². The monoisotopic (exact) mass is 353 g/mol. The number of aliphatic hydroxyl groups is 1. The average Bonchev–Trinajstić information content (AvgIpc) is 2.62. The lowest BCUT2D eigenvalue weighted by molar-refractivity contribution is 0.0412. The number of hydrogen-bond acceptors (Lipinski definition) is 2. The van der Waals surface area contributed by atoms with Gasteiger partial charge < -0.3 is 5.11 Å². The van der Waals surface area contributed by atoms with E-state index in [1.165, 1.54) is 12.1 Å². The highest BCUT2D eigenvalue weighted by Gasteiger charge is 2.23. The van der Waals surface area contributed by atoms with Crippen molar-refractivity contribution in [3.05, 3.63) is 89.8 Å². The maximum atomic E-state index is 14.0. The molecule has 1 N–H and O–H groups in total. The minimum absolute atomic E-state index is 0.383. The number of aryl methyl sites for hydroxylation is 1. The lowest BCUT2D eigenvalue weighted by Crippen LogP contribution is -2.22. The van der Waals surface area contributed by atoms with Crippen LogP contribution in [-0.4, -0.2) is 10.1 Å². The van der Waals surface area contributed by atoms with E-state index in [0.717, 1.165) is 30.0 Å². The molecule has 0 saturated carbocycles. The molecule has 0 aliphatic carbocycles. The van der Waals surface area contributed by atoms with Crippen molar-refractivity contribution in [2.75, 3.05) is 0 Å². The van der Waals surface area contributed by atoms with Crippen LogP contribution in [0.25, 0.3) is 11.1 Å². The number of halogens is 2. The summed E-state index contributed by atoms with van der Waals surface area (Å²) < 4.78 is 27.1. The zero-order valence-corrected chi connectivity index (χ0v) is 14.6. The Morgan fingerprint density at radius 3 is 2.58 bits per heavy atom. The fraction of sp³-hybridized carbons (Fsp3) is 0.227. The molecule has 1 aromatic heterocycles. The minimum atomic E-state index is -0.984. The lowest BCUT2D eigenvalue weighted by atomic mass is 9.92. The van der Waals surface area contributed by atoms with Gasteiger partial charge in [-0.05, 0) is 61.6 Å². The molecule has 0 saturated heterocycles. The van der Waals surface area contributed by atoms with Crippen LogP contribution in [0.2, 0.25) is 0 Å². The number of benzene rings is 2. The molecule has 1 atom stereocenters. The maximum Gasteiger partial charge on any atom is 0.133 e. The van der Waals surface area contributed by atoms with Crippen LogP contribution in [0.15, 0.2) is 66.9 Å². The molecule has 0 spiro atoms. The van der Waals surface area contributed by atoms with Crippen LogP contribution in [0, 0.1) is 11.6 Å². The third-order valence-electron chi connectivity index (χ3n) is 4.51. The van der Waals surface area contributed by atoms with Crippen molar-refractivity contribution in [3.63, 3.8) is 0 Å². The van der Waals surface area contributed by atoms with Gasteiger partial charge in [-0.2, -0.15) is 0 Å². The molecule has 134 valence electrons. The highest BCUT2D eigenvalue weighted by atomic mass is 19.1. The summed E-state index contributed by atoms with van der Waals surface area (Å²) in [5.74, 6) is -1.15. The van der Waals surface area contributed by atoms with Gasteiger partial charge in [-0.3, -0.25) is 4.98 Å². The first-order valence-electron chi connectivity index (χ1n) is 8.64. The minimum Gasteiger partial charge on any atom is -0.384 e. The van der Waals surface area contributed by atoms with Gasteiger partial charge in [0.1, 0.15) is 17.2 Å². The molecule has 0 bridgehead atoms. The molecule has 0 amide bonds. The molecule has 0 aliphatic heterocycles. The van der Waals surface area contributed by atoms with Gasteiger partial charge in [-0.25, -0.2) is 8.78 Å². The molecule has 1 unspecified atom stereocenters. The Balaban J connectivity index is 1.68. The van der Waals surface area contributed by atoms with Crippen molar-refractivity contribution in [1.82, 2.24) is 4.98 Å². The van der Waals surface area contributed by atoms with E-state index in [4.69, 9.17) is 0 Å². The fourth-order valence-electron chi connectivity index (χ4n) is 3.06. The zero-order valence-electron chi connectivity index (χ0n) is 14.6. The van der Waals surface area contributed by atoms with Gasteiger partial charge in [-0.1, -0.05) is 30.3 Å². The first-order valence-corrected chi connectivity index (χ1v) is 8.64. The first-order chi connectivity index (χ1) is 12.5. The molecule has 0 fully saturated rings. The Morgan fingerprint density at radius 1 is 1.00 bits per heavy atom. The van der Waals surface area contributed by atoms with Crippen LogP contribution in [-0.2, 0) is 12.0 Å². The van der Waals surface area contributed by atoms with E-state index < -0.39 is 17.2 Å². The SMILES string of the molecule is CC(O)(CCCc1cccc(-c2ccc(F)cc2F)c1)c1ccccn1. The van der Waals surface area contributed by atoms with Gasteiger partial charge in [0.05, 0.1) is 5.69 Å². The number of rotatable bonds is 6. The lowest BCUT2D eigenvalue weighted by Gasteiger charge is -2.22. The fourth-order valence-corrected chi connectivity index (χ4v) is 3.06. The zero-order chi connectivity index (χ0) is 18.6. The van der Waals surface area contributed by atoms with Crippen LogP contribution in [0.4, 0.5) is 8.78 Å². The summed E-state index contributed by atoms with van der Waals surface area (Å²) in [4.78, 5) is 4.22. The van der Waals surface area contributed by atoms with Crippen LogP contribution < -0.4 is 0 Å². The average molecular weight is 353 g/mol. The molecule has 26 heavy (non-hydrogen) atoms. The number of aromatic nitrogens is 1. The highest BCUT2D eigenvalue weighted by Crippen LogP contribution is 2.27. The molecule has 3 rings (SSSR count). The molecule has 2 aromatic carbocycles. The normalized spacial score (nSPS) is 13.4. The van der Waals surface area contributed by atoms with Gasteiger partial charge in [0.15, 0.2) is 0 Å². The second-order valence-electron chi connectivity index (χ2n) is 6.67. The van der Waals surface area contributed by atoms with Gasteiger partial charge in [0, 0.05) is 17.8 Å². The predicted octanol–water partition coefficient (Wildman–Crippen LogP) is 5.26. The van der Waals surface area contributed by atoms with Crippen LogP contribution in [0.1, 0.15) is 31.0 Å². The van der Waals surface area contributed by atoms with Gasteiger partial charge >= 0.3 is 0 Å². The molecule has 0 aliphatic rings. The Labute approximate surface area is 152 Å². The van der Waals surface area contributed by atoms with Gasteiger partial charge in [-0.15, -0.1) is 0 Å². The molecular formula is C22H21F2NO. The summed E-state index contributed by atoms with van der Waals surface area (Å²) in [6.45, 7) is 1.76.